The van der Waals surface area contributed by atoms with E-state index in [2.05, 4.69) is 14.6 Å². The standard InChI is InChI=1S/C11H17N3OS/c1-12-11(15)10-7-9(13-16-10)8-14-5-3-2-4-6-14/h7H,2-6,8H2,1H3,(H,12,15). The van der Waals surface area contributed by atoms with Gasteiger partial charge in [-0.1, -0.05) is 6.42 Å². The lowest BCUT2D eigenvalue weighted by molar-refractivity contribution is 0.0967. The highest BCUT2D eigenvalue weighted by atomic mass is 32.1. The Balaban J connectivity index is 1.94. The second-order valence-corrected chi connectivity index (χ2v) is 4.90. The van der Waals surface area contributed by atoms with Crippen LogP contribution in [0.3, 0.4) is 0 Å². The normalized spacial score (nSPS) is 17.3. The zero-order valence-electron chi connectivity index (χ0n) is 9.53. The summed E-state index contributed by atoms with van der Waals surface area (Å²) in [5, 5.41) is 2.62. The topological polar surface area (TPSA) is 45.2 Å². The van der Waals surface area contributed by atoms with Crippen molar-refractivity contribution < 1.29 is 4.79 Å². The lowest BCUT2D eigenvalue weighted by Gasteiger charge is -2.25. The van der Waals surface area contributed by atoms with Crippen molar-refractivity contribution in [1.29, 1.82) is 0 Å². The van der Waals surface area contributed by atoms with Gasteiger partial charge >= 0.3 is 0 Å². The molecule has 0 aliphatic carbocycles. The van der Waals surface area contributed by atoms with Gasteiger partial charge < -0.3 is 5.32 Å². The van der Waals surface area contributed by atoms with Gasteiger partial charge in [-0.3, -0.25) is 9.69 Å². The quantitative estimate of drug-likeness (QED) is 0.869. The Morgan fingerprint density at radius 3 is 2.94 bits per heavy atom. The highest BCUT2D eigenvalue weighted by molar-refractivity contribution is 7.08. The molecule has 1 aromatic rings. The molecule has 0 spiro atoms. The van der Waals surface area contributed by atoms with Crippen molar-refractivity contribution in [3.63, 3.8) is 0 Å². The molecule has 5 heteroatoms. The van der Waals surface area contributed by atoms with Gasteiger partial charge in [0.25, 0.3) is 5.91 Å². The fourth-order valence-corrected chi connectivity index (χ4v) is 2.66. The number of carbonyl (C=O) groups is 1. The molecule has 16 heavy (non-hydrogen) atoms. The van der Waals surface area contributed by atoms with Gasteiger partial charge in [0, 0.05) is 13.6 Å². The molecule has 1 aliphatic heterocycles. The number of nitrogens with one attached hydrogen (secondary N) is 1. The Morgan fingerprint density at radius 1 is 1.50 bits per heavy atom. The minimum absolute atomic E-state index is 0.0394. The largest absolute Gasteiger partial charge is 0.354 e. The third kappa shape index (κ3) is 2.80. The number of aromatic nitrogens is 1. The third-order valence-electron chi connectivity index (χ3n) is 2.84. The van der Waals surface area contributed by atoms with Crippen LogP contribution in [0.2, 0.25) is 0 Å². The predicted molar refractivity (Wildman–Crippen MR) is 64.6 cm³/mol. The van der Waals surface area contributed by atoms with E-state index in [0.29, 0.717) is 4.88 Å². The smallest absolute Gasteiger partial charge is 0.262 e. The summed E-state index contributed by atoms with van der Waals surface area (Å²) >= 11 is 1.28. The van der Waals surface area contributed by atoms with Crippen LogP contribution in [0.4, 0.5) is 0 Å². The number of nitrogens with zero attached hydrogens (tertiary/aromatic N) is 2. The molecule has 0 unspecified atom stereocenters. The molecule has 1 aromatic heterocycles. The Labute approximate surface area is 99.8 Å². The van der Waals surface area contributed by atoms with Gasteiger partial charge in [0.1, 0.15) is 4.88 Å². The molecule has 0 atom stereocenters. The zero-order valence-corrected chi connectivity index (χ0v) is 10.3. The van der Waals surface area contributed by atoms with Gasteiger partial charge in [-0.25, -0.2) is 0 Å². The van der Waals surface area contributed by atoms with Crippen molar-refractivity contribution in [2.75, 3.05) is 20.1 Å². The summed E-state index contributed by atoms with van der Waals surface area (Å²) in [5.74, 6) is -0.0394. The Hall–Kier alpha value is -0.940. The van der Waals surface area contributed by atoms with E-state index in [-0.39, 0.29) is 5.91 Å². The van der Waals surface area contributed by atoms with Crippen molar-refractivity contribution in [3.8, 4) is 0 Å². The number of rotatable bonds is 3. The monoisotopic (exact) mass is 239 g/mol. The van der Waals surface area contributed by atoms with Crippen molar-refractivity contribution >= 4 is 17.4 Å². The molecule has 1 saturated heterocycles. The van der Waals surface area contributed by atoms with Gasteiger partial charge in [0.2, 0.25) is 0 Å². The van der Waals surface area contributed by atoms with Crippen LogP contribution in [0.1, 0.15) is 34.6 Å². The summed E-state index contributed by atoms with van der Waals surface area (Å²) in [5.41, 5.74) is 1.02. The summed E-state index contributed by atoms with van der Waals surface area (Å²) in [6.07, 6.45) is 3.91. The molecule has 88 valence electrons. The molecule has 1 fully saturated rings. The van der Waals surface area contributed by atoms with E-state index in [1.165, 1.54) is 30.8 Å². The van der Waals surface area contributed by atoms with Crippen molar-refractivity contribution in [3.05, 3.63) is 16.6 Å². The fourth-order valence-electron chi connectivity index (χ4n) is 1.96. The number of carbonyl (C=O) groups excluding carboxylic acids is 1. The molecule has 0 bridgehead atoms. The van der Waals surface area contributed by atoms with Gasteiger partial charge in [-0.15, -0.1) is 0 Å². The second-order valence-electron chi connectivity index (χ2n) is 4.10. The molecule has 1 amide bonds. The first-order valence-corrected chi connectivity index (χ1v) is 6.47. The number of hydrogen-bond acceptors (Lipinski definition) is 4. The Morgan fingerprint density at radius 2 is 2.25 bits per heavy atom. The fraction of sp³-hybridized carbons (Fsp3) is 0.636. The van der Waals surface area contributed by atoms with Crippen molar-refractivity contribution in [2.24, 2.45) is 0 Å². The summed E-state index contributed by atoms with van der Waals surface area (Å²) in [6, 6.07) is 1.90. The molecule has 1 N–H and O–H groups in total. The minimum Gasteiger partial charge on any atom is -0.354 e. The van der Waals surface area contributed by atoms with Crippen LogP contribution < -0.4 is 5.32 Å². The molecule has 0 radical (unpaired) electrons. The maximum absolute atomic E-state index is 11.4. The molecule has 0 saturated carbocycles. The highest BCUT2D eigenvalue weighted by Crippen LogP contribution is 2.15. The van der Waals surface area contributed by atoms with Crippen LogP contribution in [-0.4, -0.2) is 35.3 Å². The summed E-state index contributed by atoms with van der Waals surface area (Å²) in [4.78, 5) is 14.5. The maximum Gasteiger partial charge on any atom is 0.262 e. The van der Waals surface area contributed by atoms with Gasteiger partial charge in [0.15, 0.2) is 0 Å². The van der Waals surface area contributed by atoms with E-state index in [1.54, 1.807) is 7.05 Å². The second kappa shape index (κ2) is 5.41. The van der Waals surface area contributed by atoms with Gasteiger partial charge in [-0.2, -0.15) is 4.37 Å². The van der Waals surface area contributed by atoms with E-state index in [4.69, 9.17) is 0 Å². The molecule has 0 aromatic carbocycles. The molecule has 2 rings (SSSR count). The van der Waals surface area contributed by atoms with E-state index in [1.807, 2.05) is 6.07 Å². The first-order chi connectivity index (χ1) is 7.79. The van der Waals surface area contributed by atoms with Gasteiger partial charge in [-0.05, 0) is 43.5 Å². The number of hydrogen-bond donors (Lipinski definition) is 1. The van der Waals surface area contributed by atoms with Crippen LogP contribution in [-0.2, 0) is 6.54 Å². The van der Waals surface area contributed by atoms with E-state index in [0.717, 1.165) is 25.3 Å². The average molecular weight is 239 g/mol. The van der Waals surface area contributed by atoms with Crippen LogP contribution in [0.5, 0.6) is 0 Å². The van der Waals surface area contributed by atoms with Crippen LogP contribution in [0.25, 0.3) is 0 Å². The van der Waals surface area contributed by atoms with E-state index in [9.17, 15) is 4.79 Å². The first-order valence-electron chi connectivity index (χ1n) is 5.69. The van der Waals surface area contributed by atoms with Crippen LogP contribution in [0.15, 0.2) is 6.07 Å². The first kappa shape index (κ1) is 11.5. The van der Waals surface area contributed by atoms with Crippen molar-refractivity contribution in [2.45, 2.75) is 25.8 Å². The Kier molecular flexibility index (Phi) is 3.90. The third-order valence-corrected chi connectivity index (χ3v) is 3.67. The highest BCUT2D eigenvalue weighted by Gasteiger charge is 2.14. The van der Waals surface area contributed by atoms with Crippen molar-refractivity contribution in [1.82, 2.24) is 14.6 Å². The minimum atomic E-state index is -0.0394. The lowest BCUT2D eigenvalue weighted by atomic mass is 10.1. The van der Waals surface area contributed by atoms with E-state index < -0.39 is 0 Å². The number of likely N-dealkylation sites (tertiary alicyclic amines) is 1. The SMILES string of the molecule is CNC(=O)c1cc(CN2CCCCC2)ns1. The van der Waals surface area contributed by atoms with Crippen LogP contribution >= 0.6 is 11.5 Å². The molecule has 2 heterocycles. The zero-order chi connectivity index (χ0) is 11.4. The average Bonchev–Trinajstić information content (AvgIpc) is 2.78. The Bertz CT molecular complexity index is 358. The van der Waals surface area contributed by atoms with E-state index >= 15 is 0 Å². The summed E-state index contributed by atoms with van der Waals surface area (Å²) in [7, 11) is 1.65. The molecule has 1 aliphatic rings. The maximum atomic E-state index is 11.4. The predicted octanol–water partition coefficient (Wildman–Crippen LogP) is 1.49. The summed E-state index contributed by atoms with van der Waals surface area (Å²) < 4.78 is 4.32. The summed E-state index contributed by atoms with van der Waals surface area (Å²) in [6.45, 7) is 3.20. The number of piperidine rings is 1. The van der Waals surface area contributed by atoms with Gasteiger partial charge in [0.05, 0.1) is 5.69 Å². The number of amides is 1. The molecular formula is C11H17N3OS. The molecule has 4 nitrogen and oxygen atoms in total. The van der Waals surface area contributed by atoms with Crippen LogP contribution in [0, 0.1) is 0 Å². The molecular weight excluding hydrogens is 222 g/mol. The lowest BCUT2D eigenvalue weighted by Crippen LogP contribution is -2.29.